The van der Waals surface area contributed by atoms with E-state index in [1.807, 2.05) is 18.2 Å². The van der Waals surface area contributed by atoms with Gasteiger partial charge in [0.2, 0.25) is 0 Å². The lowest BCUT2D eigenvalue weighted by Gasteiger charge is -2.27. The van der Waals surface area contributed by atoms with Crippen LogP contribution in [0.2, 0.25) is 0 Å². The van der Waals surface area contributed by atoms with Crippen LogP contribution < -0.4 is 5.32 Å². The maximum atomic E-state index is 12.3. The average Bonchev–Trinajstić information content (AvgIpc) is 2.63. The van der Waals surface area contributed by atoms with Gasteiger partial charge >= 0.3 is 6.03 Å². The summed E-state index contributed by atoms with van der Waals surface area (Å²) in [7, 11) is 0. The van der Waals surface area contributed by atoms with E-state index >= 15 is 0 Å². The van der Waals surface area contributed by atoms with Gasteiger partial charge in [0.15, 0.2) is 0 Å². The number of urea groups is 1. The first-order valence-corrected chi connectivity index (χ1v) is 7.82. The summed E-state index contributed by atoms with van der Waals surface area (Å²) in [6, 6.07) is 12.5. The van der Waals surface area contributed by atoms with Crippen LogP contribution in [0.3, 0.4) is 0 Å². The van der Waals surface area contributed by atoms with Crippen molar-refractivity contribution in [2.45, 2.75) is 6.42 Å². The lowest BCUT2D eigenvalue weighted by Crippen LogP contribution is -2.37. The number of nitro groups is 1. The van der Waals surface area contributed by atoms with Gasteiger partial charge in [-0.3, -0.25) is 10.1 Å². The Bertz CT molecular complexity index is 830. The van der Waals surface area contributed by atoms with E-state index in [-0.39, 0.29) is 17.5 Å². The molecule has 128 valence electrons. The fraction of sp³-hybridized carbons (Fsp3) is 0.167. The van der Waals surface area contributed by atoms with Gasteiger partial charge in [0.25, 0.3) is 5.69 Å². The number of phenols is 1. The van der Waals surface area contributed by atoms with Crippen molar-refractivity contribution in [3.8, 4) is 5.75 Å². The SMILES string of the molecule is O=C(Nc1cccc([N+](=O)[O-])c1)N1CC=C(c2ccc(O)cc2)CC1. The molecule has 25 heavy (non-hydrogen) atoms. The van der Waals surface area contributed by atoms with Crippen LogP contribution in [0.4, 0.5) is 16.2 Å². The van der Waals surface area contributed by atoms with Crippen LogP contribution in [0.1, 0.15) is 12.0 Å². The summed E-state index contributed by atoms with van der Waals surface area (Å²) in [5.74, 6) is 0.220. The monoisotopic (exact) mass is 339 g/mol. The normalized spacial score (nSPS) is 13.9. The minimum Gasteiger partial charge on any atom is -0.508 e. The lowest BCUT2D eigenvalue weighted by molar-refractivity contribution is -0.384. The summed E-state index contributed by atoms with van der Waals surface area (Å²) in [5.41, 5.74) is 2.48. The van der Waals surface area contributed by atoms with Gasteiger partial charge in [-0.15, -0.1) is 0 Å². The van der Waals surface area contributed by atoms with E-state index in [2.05, 4.69) is 5.32 Å². The third-order valence-corrected chi connectivity index (χ3v) is 4.04. The Morgan fingerprint density at radius 3 is 2.60 bits per heavy atom. The van der Waals surface area contributed by atoms with E-state index in [1.54, 1.807) is 23.1 Å². The van der Waals surface area contributed by atoms with E-state index in [9.17, 15) is 20.0 Å². The molecule has 3 rings (SSSR count). The van der Waals surface area contributed by atoms with Crippen molar-refractivity contribution in [3.63, 3.8) is 0 Å². The zero-order chi connectivity index (χ0) is 17.8. The molecule has 0 radical (unpaired) electrons. The smallest absolute Gasteiger partial charge is 0.322 e. The number of carbonyl (C=O) groups excluding carboxylic acids is 1. The Labute approximate surface area is 144 Å². The van der Waals surface area contributed by atoms with E-state index < -0.39 is 4.92 Å². The van der Waals surface area contributed by atoms with Gasteiger partial charge in [0, 0.05) is 30.9 Å². The number of nitrogens with zero attached hydrogens (tertiary/aromatic N) is 2. The molecule has 0 saturated carbocycles. The maximum absolute atomic E-state index is 12.3. The number of hydrogen-bond acceptors (Lipinski definition) is 4. The van der Waals surface area contributed by atoms with Gasteiger partial charge in [-0.2, -0.15) is 0 Å². The number of phenolic OH excluding ortho intramolecular Hbond substituents is 1. The number of benzene rings is 2. The Kier molecular flexibility index (Phi) is 4.65. The molecule has 1 aliphatic heterocycles. The summed E-state index contributed by atoms with van der Waals surface area (Å²) in [4.78, 5) is 24.3. The van der Waals surface area contributed by atoms with Crippen molar-refractivity contribution in [2.24, 2.45) is 0 Å². The van der Waals surface area contributed by atoms with Crippen molar-refractivity contribution in [1.29, 1.82) is 0 Å². The molecule has 0 spiro atoms. The number of nitro benzene ring substituents is 1. The quantitative estimate of drug-likeness (QED) is 0.659. The molecule has 1 heterocycles. The molecule has 0 saturated heterocycles. The first kappa shape index (κ1) is 16.5. The molecule has 1 aliphatic rings. The van der Waals surface area contributed by atoms with Crippen LogP contribution in [-0.4, -0.2) is 34.1 Å². The number of non-ortho nitro benzene ring substituents is 1. The van der Waals surface area contributed by atoms with Gasteiger partial charge in [0.1, 0.15) is 5.75 Å². The molecule has 0 unspecified atom stereocenters. The van der Waals surface area contributed by atoms with Gasteiger partial charge in [-0.1, -0.05) is 24.3 Å². The molecule has 2 aromatic rings. The second-order valence-corrected chi connectivity index (χ2v) is 5.71. The third kappa shape index (κ3) is 3.95. The second-order valence-electron chi connectivity index (χ2n) is 5.71. The fourth-order valence-corrected chi connectivity index (χ4v) is 2.69. The maximum Gasteiger partial charge on any atom is 0.322 e. The van der Waals surface area contributed by atoms with Crippen molar-refractivity contribution >= 4 is 23.0 Å². The molecule has 0 fully saturated rings. The first-order chi connectivity index (χ1) is 12.0. The third-order valence-electron chi connectivity index (χ3n) is 4.04. The van der Waals surface area contributed by atoms with Crippen LogP contribution in [0.25, 0.3) is 5.57 Å². The van der Waals surface area contributed by atoms with Crippen molar-refractivity contribution in [3.05, 3.63) is 70.3 Å². The molecule has 7 heteroatoms. The van der Waals surface area contributed by atoms with Gasteiger partial charge in [0.05, 0.1) is 4.92 Å². The number of anilines is 1. The summed E-state index contributed by atoms with van der Waals surface area (Å²) < 4.78 is 0. The summed E-state index contributed by atoms with van der Waals surface area (Å²) in [6.45, 7) is 1.00. The van der Waals surface area contributed by atoms with Gasteiger partial charge in [-0.05, 0) is 35.8 Å². The van der Waals surface area contributed by atoms with Gasteiger partial charge < -0.3 is 15.3 Å². The van der Waals surface area contributed by atoms with E-state index in [4.69, 9.17) is 0 Å². The molecule has 0 bridgehead atoms. The van der Waals surface area contributed by atoms with Crippen molar-refractivity contribution in [1.82, 2.24) is 4.90 Å². The van der Waals surface area contributed by atoms with E-state index in [0.717, 1.165) is 11.1 Å². The zero-order valence-corrected chi connectivity index (χ0v) is 13.4. The molecule has 2 N–H and O–H groups in total. The van der Waals surface area contributed by atoms with Crippen LogP contribution in [0.5, 0.6) is 5.75 Å². The first-order valence-electron chi connectivity index (χ1n) is 7.82. The molecule has 2 aromatic carbocycles. The van der Waals surface area contributed by atoms with E-state index in [0.29, 0.717) is 25.2 Å². The minimum absolute atomic E-state index is 0.0639. The Morgan fingerprint density at radius 2 is 1.96 bits per heavy atom. The molecular weight excluding hydrogens is 322 g/mol. The van der Waals surface area contributed by atoms with Crippen LogP contribution >= 0.6 is 0 Å². The second kappa shape index (κ2) is 7.04. The highest BCUT2D eigenvalue weighted by molar-refractivity contribution is 5.90. The standard InChI is InChI=1S/C18H17N3O4/c22-17-6-4-13(5-7-17)14-8-10-20(11-9-14)18(23)19-15-2-1-3-16(12-15)21(24)25/h1-8,12,22H,9-11H2,(H,19,23). The van der Waals surface area contributed by atoms with Crippen LogP contribution in [0, 0.1) is 10.1 Å². The number of aromatic hydroxyl groups is 1. The Hall–Kier alpha value is -3.35. The number of amides is 2. The highest BCUT2D eigenvalue weighted by Crippen LogP contribution is 2.24. The van der Waals surface area contributed by atoms with Gasteiger partial charge in [-0.25, -0.2) is 4.79 Å². The highest BCUT2D eigenvalue weighted by atomic mass is 16.6. The molecule has 0 aliphatic carbocycles. The topological polar surface area (TPSA) is 95.7 Å². The Morgan fingerprint density at radius 1 is 1.20 bits per heavy atom. The van der Waals surface area contributed by atoms with Crippen LogP contribution in [-0.2, 0) is 0 Å². The average molecular weight is 339 g/mol. The minimum atomic E-state index is -0.497. The molecular formula is C18H17N3O4. The number of nitrogens with one attached hydrogen (secondary N) is 1. The number of carbonyl (C=O) groups is 1. The molecule has 2 amide bonds. The molecule has 0 atom stereocenters. The fourth-order valence-electron chi connectivity index (χ4n) is 2.69. The largest absolute Gasteiger partial charge is 0.508 e. The van der Waals surface area contributed by atoms with Crippen molar-refractivity contribution < 1.29 is 14.8 Å². The Balaban J connectivity index is 1.64. The predicted octanol–water partition coefficient (Wildman–Crippen LogP) is 3.62. The summed E-state index contributed by atoms with van der Waals surface area (Å²) >= 11 is 0. The lowest BCUT2D eigenvalue weighted by atomic mass is 9.99. The summed E-state index contributed by atoms with van der Waals surface area (Å²) in [5, 5.41) is 22.8. The predicted molar refractivity (Wildman–Crippen MR) is 94.4 cm³/mol. The molecule has 7 nitrogen and oxygen atoms in total. The highest BCUT2D eigenvalue weighted by Gasteiger charge is 2.18. The zero-order valence-electron chi connectivity index (χ0n) is 13.4. The number of rotatable bonds is 3. The summed E-state index contributed by atoms with van der Waals surface area (Å²) in [6.07, 6.45) is 2.68. The number of hydrogen-bond donors (Lipinski definition) is 2. The molecule has 0 aromatic heterocycles. The van der Waals surface area contributed by atoms with E-state index in [1.165, 1.54) is 18.2 Å². The van der Waals surface area contributed by atoms with Crippen molar-refractivity contribution in [2.75, 3.05) is 18.4 Å². The van der Waals surface area contributed by atoms with Crippen LogP contribution in [0.15, 0.2) is 54.6 Å².